The number of aromatic nitrogens is 2. The number of nitrogens with zero attached hydrogens (tertiary/aromatic N) is 3. The molecular formula is C27H32Cl2N6O2. The first kappa shape index (κ1) is 25.7. The van der Waals surface area contributed by atoms with Gasteiger partial charge in [-0.3, -0.25) is 9.59 Å². The molecule has 1 aromatic heterocycles. The van der Waals surface area contributed by atoms with Crippen molar-refractivity contribution in [1.82, 2.24) is 14.9 Å². The zero-order valence-electron chi connectivity index (χ0n) is 21.7. The monoisotopic (exact) mass is 542 g/mol. The first-order valence-corrected chi connectivity index (χ1v) is 13.2. The van der Waals surface area contributed by atoms with E-state index < -0.39 is 11.3 Å². The molecule has 8 nitrogen and oxygen atoms in total. The molecule has 2 atom stereocenters. The van der Waals surface area contributed by atoms with E-state index in [-0.39, 0.29) is 12.5 Å². The average molecular weight is 543 g/mol. The van der Waals surface area contributed by atoms with Gasteiger partial charge in [0.25, 0.3) is 5.91 Å². The number of carbonyl (C=O) groups excluding carboxylic acids is 2. The van der Waals surface area contributed by atoms with E-state index in [2.05, 4.69) is 15.5 Å². The molecule has 10 heteroatoms. The van der Waals surface area contributed by atoms with Crippen LogP contribution in [0.3, 0.4) is 0 Å². The van der Waals surface area contributed by atoms with Gasteiger partial charge in [-0.15, -0.1) is 0 Å². The first-order valence-electron chi connectivity index (χ1n) is 12.4. The van der Waals surface area contributed by atoms with Gasteiger partial charge in [-0.2, -0.15) is 0 Å². The number of nitrogens with one attached hydrogen (secondary N) is 2. The van der Waals surface area contributed by atoms with Crippen LogP contribution in [0.4, 0.5) is 17.3 Å². The molecule has 5 rings (SSSR count). The summed E-state index contributed by atoms with van der Waals surface area (Å²) in [5.74, 6) is 1.41. The summed E-state index contributed by atoms with van der Waals surface area (Å²) in [7, 11) is 1.91. The molecule has 2 unspecified atom stereocenters. The standard InChI is InChI=1S/C27H32Cl2N6O2/c1-13-22(35-11-15-8-16(15)12-35)17(24(30)36)9-19-23(13)34(5)26(32-19)33-21-18(28)7-6-14(20(21)29)10-31-25(37)27(2,3)4/h6-7,9,15-16H,8,10-12H2,1-5H3,(H2,30,36)(H,31,37)(H,32,33). The molecule has 0 spiro atoms. The molecule has 2 heterocycles. The maximum absolute atomic E-state index is 12.4. The minimum atomic E-state index is -0.511. The van der Waals surface area contributed by atoms with Crippen LogP contribution in [0.25, 0.3) is 11.0 Å². The summed E-state index contributed by atoms with van der Waals surface area (Å²) < 4.78 is 1.94. The van der Waals surface area contributed by atoms with Gasteiger partial charge in [-0.25, -0.2) is 4.98 Å². The Morgan fingerprint density at radius 2 is 1.86 bits per heavy atom. The number of benzene rings is 2. The largest absolute Gasteiger partial charge is 0.370 e. The Morgan fingerprint density at radius 3 is 2.49 bits per heavy atom. The fraction of sp³-hybridized carbons (Fsp3) is 0.444. The number of imidazole rings is 1. The molecule has 3 aromatic rings. The predicted octanol–water partition coefficient (Wildman–Crippen LogP) is 5.15. The van der Waals surface area contributed by atoms with Crippen molar-refractivity contribution in [2.75, 3.05) is 23.3 Å². The number of hydrogen-bond acceptors (Lipinski definition) is 5. The zero-order chi connectivity index (χ0) is 26.8. The molecule has 2 fully saturated rings. The summed E-state index contributed by atoms with van der Waals surface area (Å²) in [4.78, 5) is 31.8. The number of aryl methyl sites for hydroxylation is 2. The van der Waals surface area contributed by atoms with Gasteiger partial charge in [0.2, 0.25) is 11.9 Å². The Morgan fingerprint density at radius 1 is 1.19 bits per heavy atom. The Kier molecular flexibility index (Phi) is 6.31. The fourth-order valence-corrected chi connectivity index (χ4v) is 5.80. The van der Waals surface area contributed by atoms with E-state index in [9.17, 15) is 9.59 Å². The molecule has 1 saturated heterocycles. The van der Waals surface area contributed by atoms with Gasteiger partial charge in [0, 0.05) is 32.1 Å². The van der Waals surface area contributed by atoms with Crippen molar-refractivity contribution in [2.24, 2.45) is 30.0 Å². The van der Waals surface area contributed by atoms with E-state index in [1.165, 1.54) is 6.42 Å². The topological polar surface area (TPSA) is 105 Å². The summed E-state index contributed by atoms with van der Waals surface area (Å²) in [6.07, 6.45) is 1.27. The number of halogens is 2. The predicted molar refractivity (Wildman–Crippen MR) is 149 cm³/mol. The molecular weight excluding hydrogens is 511 g/mol. The van der Waals surface area contributed by atoms with E-state index in [1.807, 2.05) is 39.3 Å². The van der Waals surface area contributed by atoms with Crippen LogP contribution in [-0.2, 0) is 18.4 Å². The number of carbonyl (C=O) groups is 2. The number of hydrogen-bond donors (Lipinski definition) is 3. The van der Waals surface area contributed by atoms with E-state index in [4.69, 9.17) is 33.9 Å². The van der Waals surface area contributed by atoms with Crippen molar-refractivity contribution < 1.29 is 9.59 Å². The normalized spacial score (nSPS) is 18.7. The number of fused-ring (bicyclic) bond motifs is 2. The molecule has 0 bridgehead atoms. The highest BCUT2D eigenvalue weighted by Gasteiger charge is 2.46. The van der Waals surface area contributed by atoms with Gasteiger partial charge in [-0.1, -0.05) is 50.0 Å². The summed E-state index contributed by atoms with van der Waals surface area (Å²) in [5, 5.41) is 7.03. The molecule has 1 saturated carbocycles. The minimum Gasteiger partial charge on any atom is -0.370 e. The fourth-order valence-electron chi connectivity index (χ4n) is 5.27. The van der Waals surface area contributed by atoms with Crippen LogP contribution < -0.4 is 21.3 Å². The number of amides is 2. The van der Waals surface area contributed by atoms with Gasteiger partial charge in [0.1, 0.15) is 0 Å². The van der Waals surface area contributed by atoms with E-state index in [1.54, 1.807) is 18.2 Å². The lowest BCUT2D eigenvalue weighted by Crippen LogP contribution is -2.34. The molecule has 2 aliphatic rings. The third-order valence-electron chi connectivity index (χ3n) is 7.46. The van der Waals surface area contributed by atoms with Crippen LogP contribution in [0.15, 0.2) is 18.2 Å². The van der Waals surface area contributed by atoms with Gasteiger partial charge < -0.3 is 25.8 Å². The molecule has 2 aromatic carbocycles. The zero-order valence-corrected chi connectivity index (χ0v) is 23.2. The van der Waals surface area contributed by atoms with Crippen LogP contribution in [0.2, 0.25) is 10.0 Å². The van der Waals surface area contributed by atoms with Crippen LogP contribution in [0.1, 0.15) is 48.7 Å². The maximum atomic E-state index is 12.4. The minimum absolute atomic E-state index is 0.0739. The van der Waals surface area contributed by atoms with Crippen molar-refractivity contribution in [1.29, 1.82) is 0 Å². The number of rotatable bonds is 6. The summed E-state index contributed by atoms with van der Waals surface area (Å²) in [6.45, 7) is 9.74. The summed E-state index contributed by atoms with van der Waals surface area (Å²) >= 11 is 13.3. The molecule has 1 aliphatic carbocycles. The average Bonchev–Trinajstić information content (AvgIpc) is 3.29. The number of nitrogens with two attached hydrogens (primary N) is 1. The maximum Gasteiger partial charge on any atom is 0.250 e. The molecule has 0 radical (unpaired) electrons. The second-order valence-corrected chi connectivity index (χ2v) is 12.0. The second kappa shape index (κ2) is 9.10. The molecule has 37 heavy (non-hydrogen) atoms. The van der Waals surface area contributed by atoms with Gasteiger partial charge in [0.05, 0.1) is 38.0 Å². The van der Waals surface area contributed by atoms with E-state index in [0.29, 0.717) is 44.6 Å². The van der Waals surface area contributed by atoms with Crippen molar-refractivity contribution in [3.05, 3.63) is 44.9 Å². The smallest absolute Gasteiger partial charge is 0.250 e. The quantitative estimate of drug-likeness (QED) is 0.399. The van der Waals surface area contributed by atoms with E-state index in [0.717, 1.165) is 35.4 Å². The molecule has 196 valence electrons. The Labute approximate surface area is 226 Å². The Balaban J connectivity index is 1.50. The Hall–Kier alpha value is -2.97. The van der Waals surface area contributed by atoms with E-state index >= 15 is 0 Å². The third kappa shape index (κ3) is 4.61. The lowest BCUT2D eigenvalue weighted by atomic mass is 9.95. The second-order valence-electron chi connectivity index (χ2n) is 11.2. The SMILES string of the molecule is Cc1c(N2CC3CC3C2)c(C(N)=O)cc2nc(Nc3c(Cl)ccc(CNC(=O)C(C)(C)C)c3Cl)n(C)c12. The van der Waals surface area contributed by atoms with Gasteiger partial charge in [-0.05, 0) is 48.4 Å². The van der Waals surface area contributed by atoms with Crippen molar-refractivity contribution in [3.63, 3.8) is 0 Å². The highest BCUT2D eigenvalue weighted by Crippen LogP contribution is 2.48. The van der Waals surface area contributed by atoms with Crippen molar-refractivity contribution in [2.45, 2.75) is 40.7 Å². The van der Waals surface area contributed by atoms with Crippen molar-refractivity contribution in [3.8, 4) is 0 Å². The van der Waals surface area contributed by atoms with Crippen LogP contribution in [0.5, 0.6) is 0 Å². The number of primary amides is 1. The van der Waals surface area contributed by atoms with Crippen LogP contribution in [0, 0.1) is 24.2 Å². The lowest BCUT2D eigenvalue weighted by molar-refractivity contribution is -0.128. The molecule has 2 amide bonds. The highest BCUT2D eigenvalue weighted by atomic mass is 35.5. The molecule has 4 N–H and O–H groups in total. The number of anilines is 3. The number of piperidine rings is 1. The third-order valence-corrected chi connectivity index (χ3v) is 8.20. The molecule has 1 aliphatic heterocycles. The van der Waals surface area contributed by atoms with Crippen molar-refractivity contribution >= 4 is 63.4 Å². The van der Waals surface area contributed by atoms with Crippen LogP contribution >= 0.6 is 23.2 Å². The summed E-state index contributed by atoms with van der Waals surface area (Å²) in [5.41, 5.74) is 10.4. The lowest BCUT2D eigenvalue weighted by Gasteiger charge is -2.25. The van der Waals surface area contributed by atoms with Gasteiger partial charge in [0.15, 0.2) is 0 Å². The highest BCUT2D eigenvalue weighted by molar-refractivity contribution is 6.39. The first-order chi connectivity index (χ1) is 17.4. The van der Waals surface area contributed by atoms with Gasteiger partial charge >= 0.3 is 0 Å². The summed E-state index contributed by atoms with van der Waals surface area (Å²) in [6, 6.07) is 5.31. The van der Waals surface area contributed by atoms with Crippen LogP contribution in [-0.4, -0.2) is 34.5 Å². The Bertz CT molecular complexity index is 1430.